The van der Waals surface area contributed by atoms with Crippen molar-refractivity contribution in [2.75, 3.05) is 11.1 Å². The molecule has 0 atom stereocenters. The Bertz CT molecular complexity index is 706. The monoisotopic (exact) mass is 289 g/mol. The Balaban J connectivity index is 1.75. The first-order valence-corrected chi connectivity index (χ1v) is 7.04. The molecule has 0 aliphatic carbocycles. The number of hydrogen-bond acceptors (Lipinski definition) is 4. The highest BCUT2D eigenvalue weighted by molar-refractivity contribution is 7.22. The number of halogens is 1. The number of aromatic nitrogens is 1. The summed E-state index contributed by atoms with van der Waals surface area (Å²) in [6.45, 7) is 0.761. The van der Waals surface area contributed by atoms with Gasteiger partial charge in [0.15, 0.2) is 5.13 Å². The quantitative estimate of drug-likeness (QED) is 0.762. The van der Waals surface area contributed by atoms with Crippen LogP contribution in [-0.4, -0.2) is 4.98 Å². The van der Waals surface area contributed by atoms with Gasteiger partial charge >= 0.3 is 0 Å². The summed E-state index contributed by atoms with van der Waals surface area (Å²) in [7, 11) is 0. The molecular formula is C14H12ClN3S. The van der Waals surface area contributed by atoms with Crippen molar-refractivity contribution >= 4 is 44.0 Å². The van der Waals surface area contributed by atoms with E-state index < -0.39 is 0 Å². The predicted molar refractivity (Wildman–Crippen MR) is 82.8 cm³/mol. The summed E-state index contributed by atoms with van der Waals surface area (Å²) in [5.41, 5.74) is 8.89. The molecule has 19 heavy (non-hydrogen) atoms. The zero-order valence-corrected chi connectivity index (χ0v) is 11.6. The molecule has 0 aliphatic rings. The maximum absolute atomic E-state index is 5.86. The van der Waals surface area contributed by atoms with E-state index in [1.807, 2.05) is 36.4 Å². The summed E-state index contributed by atoms with van der Waals surface area (Å²) >= 11 is 7.36. The van der Waals surface area contributed by atoms with Crippen LogP contribution in [0.5, 0.6) is 0 Å². The number of fused-ring (bicyclic) bond motifs is 1. The summed E-state index contributed by atoms with van der Waals surface area (Å²) in [6.07, 6.45) is 0. The van der Waals surface area contributed by atoms with Crippen molar-refractivity contribution in [1.82, 2.24) is 4.98 Å². The highest BCUT2D eigenvalue weighted by atomic mass is 35.5. The number of anilines is 2. The van der Waals surface area contributed by atoms with Crippen LogP contribution in [0, 0.1) is 0 Å². The van der Waals surface area contributed by atoms with E-state index >= 15 is 0 Å². The minimum atomic E-state index is 0.602. The molecule has 3 aromatic rings. The van der Waals surface area contributed by atoms with E-state index in [0.29, 0.717) is 5.13 Å². The third-order valence-electron chi connectivity index (χ3n) is 2.81. The van der Waals surface area contributed by atoms with Crippen molar-refractivity contribution in [3.05, 3.63) is 53.1 Å². The fourth-order valence-corrected chi connectivity index (χ4v) is 2.76. The Morgan fingerprint density at radius 2 is 1.95 bits per heavy atom. The molecule has 0 saturated carbocycles. The Labute approximate surface area is 120 Å². The van der Waals surface area contributed by atoms with Crippen LogP contribution in [0.1, 0.15) is 5.56 Å². The van der Waals surface area contributed by atoms with Crippen molar-refractivity contribution in [2.45, 2.75) is 6.54 Å². The molecule has 0 saturated heterocycles. The van der Waals surface area contributed by atoms with E-state index in [2.05, 4.69) is 16.4 Å². The first kappa shape index (κ1) is 12.3. The van der Waals surface area contributed by atoms with Crippen molar-refractivity contribution in [1.29, 1.82) is 0 Å². The molecule has 0 spiro atoms. The van der Waals surface area contributed by atoms with E-state index in [0.717, 1.165) is 27.5 Å². The van der Waals surface area contributed by atoms with Crippen LogP contribution < -0.4 is 11.1 Å². The molecule has 0 amide bonds. The van der Waals surface area contributed by atoms with E-state index in [9.17, 15) is 0 Å². The fraction of sp³-hybridized carbons (Fsp3) is 0.0714. The number of rotatable bonds is 3. The summed E-state index contributed by atoms with van der Waals surface area (Å²) < 4.78 is 1.10. The van der Waals surface area contributed by atoms with Gasteiger partial charge in [0.1, 0.15) is 0 Å². The van der Waals surface area contributed by atoms with Crippen molar-refractivity contribution in [2.24, 2.45) is 0 Å². The summed E-state index contributed by atoms with van der Waals surface area (Å²) in [4.78, 5) is 4.24. The number of nitrogens with zero attached hydrogens (tertiary/aromatic N) is 1. The van der Waals surface area contributed by atoms with Crippen molar-refractivity contribution in [3.63, 3.8) is 0 Å². The van der Waals surface area contributed by atoms with Crippen LogP contribution >= 0.6 is 22.9 Å². The molecule has 1 aromatic heterocycles. The van der Waals surface area contributed by atoms with Crippen LogP contribution in [0.3, 0.4) is 0 Å². The molecule has 0 unspecified atom stereocenters. The van der Waals surface area contributed by atoms with Crippen LogP contribution in [0.4, 0.5) is 10.8 Å². The lowest BCUT2D eigenvalue weighted by Crippen LogP contribution is -1.98. The lowest BCUT2D eigenvalue weighted by Gasteiger charge is -2.06. The van der Waals surface area contributed by atoms with Gasteiger partial charge in [0.25, 0.3) is 0 Å². The zero-order valence-electron chi connectivity index (χ0n) is 10.1. The topological polar surface area (TPSA) is 50.9 Å². The summed E-state index contributed by atoms with van der Waals surface area (Å²) in [6, 6.07) is 13.9. The third kappa shape index (κ3) is 2.80. The van der Waals surface area contributed by atoms with Gasteiger partial charge in [0.2, 0.25) is 0 Å². The smallest absolute Gasteiger partial charge is 0.181 e. The van der Waals surface area contributed by atoms with Crippen LogP contribution in [0.15, 0.2) is 42.5 Å². The largest absolute Gasteiger partial charge is 0.381 e. The molecule has 0 fully saturated rings. The molecule has 0 aliphatic heterocycles. The third-order valence-corrected chi connectivity index (χ3v) is 3.91. The van der Waals surface area contributed by atoms with Gasteiger partial charge in [0.05, 0.1) is 10.2 Å². The number of benzene rings is 2. The Morgan fingerprint density at radius 1 is 1.16 bits per heavy atom. The SMILES string of the molecule is Nc1nc2ccc(NCc3ccc(Cl)cc3)cc2s1. The second-order valence-electron chi connectivity index (χ2n) is 4.21. The normalized spacial score (nSPS) is 10.8. The number of hydrogen-bond donors (Lipinski definition) is 2. The minimum Gasteiger partial charge on any atom is -0.381 e. The standard InChI is InChI=1S/C14H12ClN3S/c15-10-3-1-9(2-4-10)8-17-11-5-6-12-13(7-11)19-14(16)18-12/h1-7,17H,8H2,(H2,16,18). The number of nitrogens with one attached hydrogen (secondary N) is 1. The van der Waals surface area contributed by atoms with Gasteiger partial charge in [-0.3, -0.25) is 0 Å². The average Bonchev–Trinajstić information content (AvgIpc) is 2.77. The highest BCUT2D eigenvalue weighted by Gasteiger charge is 2.02. The average molecular weight is 290 g/mol. The zero-order chi connectivity index (χ0) is 13.2. The van der Waals surface area contributed by atoms with E-state index in [1.54, 1.807) is 0 Å². The molecule has 5 heteroatoms. The molecule has 96 valence electrons. The second kappa shape index (κ2) is 5.07. The lowest BCUT2D eigenvalue weighted by atomic mass is 10.2. The Hall–Kier alpha value is -1.78. The van der Waals surface area contributed by atoms with E-state index in [-0.39, 0.29) is 0 Å². The maximum Gasteiger partial charge on any atom is 0.181 e. The Kier molecular flexibility index (Phi) is 3.27. The minimum absolute atomic E-state index is 0.602. The molecule has 0 radical (unpaired) electrons. The van der Waals surface area contributed by atoms with Gasteiger partial charge in [0, 0.05) is 17.3 Å². The fourth-order valence-electron chi connectivity index (χ4n) is 1.86. The summed E-state index contributed by atoms with van der Waals surface area (Å²) in [5, 5.41) is 4.73. The van der Waals surface area contributed by atoms with Gasteiger partial charge in [-0.05, 0) is 35.9 Å². The molecule has 3 rings (SSSR count). The number of thiazole rings is 1. The molecule has 0 bridgehead atoms. The predicted octanol–water partition coefficient (Wildman–Crippen LogP) is 4.14. The van der Waals surface area contributed by atoms with Crippen LogP contribution in [-0.2, 0) is 6.54 Å². The van der Waals surface area contributed by atoms with Gasteiger partial charge in [-0.2, -0.15) is 0 Å². The number of nitrogen functional groups attached to an aromatic ring is 1. The van der Waals surface area contributed by atoms with E-state index in [1.165, 1.54) is 16.9 Å². The van der Waals surface area contributed by atoms with Crippen LogP contribution in [0.2, 0.25) is 5.02 Å². The first-order chi connectivity index (χ1) is 9.20. The van der Waals surface area contributed by atoms with Gasteiger partial charge in [-0.25, -0.2) is 4.98 Å². The first-order valence-electron chi connectivity index (χ1n) is 5.85. The van der Waals surface area contributed by atoms with Gasteiger partial charge in [-0.15, -0.1) is 0 Å². The molecule has 3 N–H and O–H groups in total. The van der Waals surface area contributed by atoms with E-state index in [4.69, 9.17) is 17.3 Å². The van der Waals surface area contributed by atoms with Crippen molar-refractivity contribution in [3.8, 4) is 0 Å². The molecule has 1 heterocycles. The van der Waals surface area contributed by atoms with Crippen molar-refractivity contribution < 1.29 is 0 Å². The number of nitrogens with two attached hydrogens (primary N) is 1. The van der Waals surface area contributed by atoms with Gasteiger partial charge in [-0.1, -0.05) is 35.1 Å². The second-order valence-corrected chi connectivity index (χ2v) is 5.71. The maximum atomic E-state index is 5.86. The highest BCUT2D eigenvalue weighted by Crippen LogP contribution is 2.26. The lowest BCUT2D eigenvalue weighted by molar-refractivity contribution is 1.15. The molecular weight excluding hydrogens is 278 g/mol. The van der Waals surface area contributed by atoms with Gasteiger partial charge < -0.3 is 11.1 Å². The summed E-state index contributed by atoms with van der Waals surface area (Å²) in [5.74, 6) is 0. The van der Waals surface area contributed by atoms with Crippen LogP contribution in [0.25, 0.3) is 10.2 Å². The molecule has 2 aromatic carbocycles. The molecule has 3 nitrogen and oxygen atoms in total. The Morgan fingerprint density at radius 3 is 2.74 bits per heavy atom.